The van der Waals surface area contributed by atoms with E-state index in [4.69, 9.17) is 0 Å². The summed E-state index contributed by atoms with van der Waals surface area (Å²) in [5, 5.41) is 20.4. The Balaban J connectivity index is 0.000000138. The van der Waals surface area contributed by atoms with Gasteiger partial charge in [-0.25, -0.2) is 0 Å². The number of rotatable bonds is 11. The second-order valence-electron chi connectivity index (χ2n) is 29.1. The van der Waals surface area contributed by atoms with Gasteiger partial charge in [0.15, 0.2) is 0 Å². The van der Waals surface area contributed by atoms with Gasteiger partial charge in [0.1, 0.15) is 0 Å². The van der Waals surface area contributed by atoms with E-state index in [1.54, 1.807) is 0 Å². The van der Waals surface area contributed by atoms with Crippen molar-refractivity contribution in [2.75, 3.05) is 9.80 Å². The van der Waals surface area contributed by atoms with Crippen LogP contribution in [0.5, 0.6) is 0 Å². The van der Waals surface area contributed by atoms with Crippen LogP contribution in [0.4, 0.5) is 34.1 Å². The van der Waals surface area contributed by atoms with Gasteiger partial charge in [-0.1, -0.05) is 267 Å². The van der Waals surface area contributed by atoms with Crippen LogP contribution in [0, 0.1) is 0 Å². The molecule has 0 unspecified atom stereocenters. The summed E-state index contributed by atoms with van der Waals surface area (Å²) in [6, 6.07) is 151. The van der Waals surface area contributed by atoms with Crippen molar-refractivity contribution in [3.63, 3.8) is 0 Å². The summed E-state index contributed by atoms with van der Waals surface area (Å²) in [6.45, 7) is 0. The second kappa shape index (κ2) is 26.9. The minimum Gasteiger partial charge on any atom is -0.311 e. The molecular formula is C106H68N4S2. The molecule has 0 bridgehead atoms. The van der Waals surface area contributed by atoms with Crippen LogP contribution in [-0.2, 0) is 0 Å². The molecule has 4 heterocycles. The average Bonchev–Trinajstić information content (AvgIpc) is 1.55. The number of thiophene rings is 2. The molecule has 0 saturated heterocycles. The predicted octanol–water partition coefficient (Wildman–Crippen LogP) is 30.9. The predicted molar refractivity (Wildman–Crippen MR) is 483 cm³/mol. The van der Waals surface area contributed by atoms with Gasteiger partial charge in [0.05, 0.1) is 33.4 Å². The standard InChI is InChI=1S/C56H36N2S.C50H32N2S/c1-2-13-41(14-3-1)57(43-32-26-39(27-33-43)50-34-40-12-4-5-15-45(40)46-16-6-7-17-47(46)50)42-28-22-37(23-29-42)38-24-30-44(31-25-38)58-53-20-10-8-18-48(53)51-36-56-52(35-54(51)58)49-19-9-11-21-55(49)59-56;1-2-14-37(15-3-1)51(38-26-24-34(25-27-38)36-23-22-33-12-4-5-13-35(33)30-36)46-28-29-47(40-17-7-6-16-39(40)46)52-45-20-10-8-18-41(45)43-32-50-44(31-48(43)52)42-19-9-11-21-49(42)53-50/h1-36H;1-32H. The van der Waals surface area contributed by atoms with Gasteiger partial charge in [-0.2, -0.15) is 0 Å². The number of nitrogens with zero attached hydrogens (tertiary/aromatic N) is 4. The lowest BCUT2D eigenvalue weighted by atomic mass is 9.93. The van der Waals surface area contributed by atoms with E-state index in [2.05, 4.69) is 431 Å². The Morgan fingerprint density at radius 2 is 0.598 bits per heavy atom. The van der Waals surface area contributed by atoms with E-state index in [0.29, 0.717) is 0 Å². The minimum absolute atomic E-state index is 1.11. The fourth-order valence-electron chi connectivity index (χ4n) is 17.5. The number of aromatic nitrogens is 2. The molecule has 0 atom stereocenters. The summed E-state index contributed by atoms with van der Waals surface area (Å²) in [7, 11) is 0. The highest BCUT2D eigenvalue weighted by molar-refractivity contribution is 7.26. The van der Waals surface area contributed by atoms with Crippen molar-refractivity contribution >= 4 is 184 Å². The van der Waals surface area contributed by atoms with Crippen LogP contribution in [0.2, 0.25) is 0 Å². The van der Waals surface area contributed by atoms with Crippen molar-refractivity contribution in [3.05, 3.63) is 413 Å². The maximum Gasteiger partial charge on any atom is 0.0548 e. The van der Waals surface area contributed by atoms with E-state index in [1.165, 1.54) is 166 Å². The van der Waals surface area contributed by atoms with Crippen molar-refractivity contribution in [1.29, 1.82) is 0 Å². The summed E-state index contributed by atoms with van der Waals surface area (Å²) >= 11 is 3.76. The zero-order chi connectivity index (χ0) is 73.7. The maximum absolute atomic E-state index is 2.48. The molecular weight excluding hydrogens is 1390 g/mol. The first kappa shape index (κ1) is 65.0. The number of hydrogen-bond acceptors (Lipinski definition) is 4. The zero-order valence-electron chi connectivity index (χ0n) is 60.9. The van der Waals surface area contributed by atoms with E-state index in [1.807, 2.05) is 22.7 Å². The minimum atomic E-state index is 1.11. The molecule has 19 aromatic carbocycles. The third-order valence-electron chi connectivity index (χ3n) is 22.7. The summed E-state index contributed by atoms with van der Waals surface area (Å²) in [6.07, 6.45) is 0. The lowest BCUT2D eigenvalue weighted by Gasteiger charge is -2.28. The van der Waals surface area contributed by atoms with Crippen LogP contribution >= 0.6 is 22.7 Å². The van der Waals surface area contributed by atoms with Crippen LogP contribution in [0.25, 0.3) is 172 Å². The molecule has 0 aliphatic carbocycles. The zero-order valence-corrected chi connectivity index (χ0v) is 62.5. The summed E-state index contributed by atoms with van der Waals surface area (Å²) in [5.74, 6) is 0. The highest BCUT2D eigenvalue weighted by atomic mass is 32.1. The van der Waals surface area contributed by atoms with Crippen molar-refractivity contribution in [3.8, 4) is 44.8 Å². The van der Waals surface area contributed by atoms with Gasteiger partial charge in [-0.05, 0) is 211 Å². The molecule has 23 rings (SSSR count). The third kappa shape index (κ3) is 11.0. The Morgan fingerprint density at radius 3 is 1.20 bits per heavy atom. The Kier molecular flexibility index (Phi) is 15.6. The van der Waals surface area contributed by atoms with E-state index in [-0.39, 0.29) is 0 Å². The van der Waals surface area contributed by atoms with E-state index in [9.17, 15) is 0 Å². The molecule has 0 saturated carbocycles. The SMILES string of the molecule is c1ccc(N(c2ccc(-c3ccc(-n4c5ccccc5c5cc6sc7ccccc7c6cc54)cc3)cc2)c2ccc(-c3cc4ccccc4c4ccccc34)cc2)cc1.c1ccc(N(c2ccc(-c3ccc4ccccc4c3)cc2)c2ccc(-n3c4ccccc4c4cc5sc6ccccc6c5cc43)c3ccccc23)cc1. The molecule has 0 aliphatic rings. The first-order valence-corrected chi connectivity index (χ1v) is 39.9. The summed E-state index contributed by atoms with van der Waals surface area (Å²) in [4.78, 5) is 4.73. The first-order valence-electron chi connectivity index (χ1n) is 38.3. The van der Waals surface area contributed by atoms with Crippen molar-refractivity contribution in [1.82, 2.24) is 9.13 Å². The largest absolute Gasteiger partial charge is 0.311 e. The molecule has 0 spiro atoms. The highest BCUT2D eigenvalue weighted by Gasteiger charge is 2.23. The molecule has 0 fully saturated rings. The van der Waals surface area contributed by atoms with Gasteiger partial charge < -0.3 is 18.9 Å². The van der Waals surface area contributed by atoms with Gasteiger partial charge in [0.25, 0.3) is 0 Å². The number of benzene rings is 19. The normalized spacial score (nSPS) is 11.8. The van der Waals surface area contributed by atoms with Gasteiger partial charge in [0.2, 0.25) is 0 Å². The number of hydrogen-bond donors (Lipinski definition) is 0. The third-order valence-corrected chi connectivity index (χ3v) is 25.0. The van der Waals surface area contributed by atoms with Crippen molar-refractivity contribution in [2.24, 2.45) is 0 Å². The molecule has 4 nitrogen and oxygen atoms in total. The van der Waals surface area contributed by atoms with E-state index < -0.39 is 0 Å². The second-order valence-corrected chi connectivity index (χ2v) is 31.2. The molecule has 524 valence electrons. The molecule has 0 amide bonds. The Hall–Kier alpha value is -14.1. The van der Waals surface area contributed by atoms with Gasteiger partial charge in [0, 0.05) is 107 Å². The topological polar surface area (TPSA) is 16.3 Å². The van der Waals surface area contributed by atoms with Gasteiger partial charge in [-0.15, -0.1) is 22.7 Å². The van der Waals surface area contributed by atoms with E-state index in [0.717, 1.165) is 39.8 Å². The van der Waals surface area contributed by atoms with Crippen LogP contribution < -0.4 is 9.80 Å². The Bertz CT molecular complexity index is 7600. The molecule has 0 N–H and O–H groups in total. The molecule has 4 aromatic heterocycles. The molecule has 0 radical (unpaired) electrons. The molecule has 23 aromatic rings. The fraction of sp³-hybridized carbons (Fsp3) is 0. The van der Waals surface area contributed by atoms with Crippen LogP contribution in [0.3, 0.4) is 0 Å². The number of para-hydroxylation sites is 4. The molecule has 112 heavy (non-hydrogen) atoms. The van der Waals surface area contributed by atoms with Crippen molar-refractivity contribution in [2.45, 2.75) is 0 Å². The molecule has 0 aliphatic heterocycles. The van der Waals surface area contributed by atoms with Crippen LogP contribution in [0.1, 0.15) is 0 Å². The average molecular weight is 1460 g/mol. The van der Waals surface area contributed by atoms with Crippen LogP contribution in [0.15, 0.2) is 413 Å². The van der Waals surface area contributed by atoms with E-state index >= 15 is 0 Å². The quantitative estimate of drug-likeness (QED) is 0.120. The highest BCUT2D eigenvalue weighted by Crippen LogP contribution is 2.48. The van der Waals surface area contributed by atoms with Crippen molar-refractivity contribution < 1.29 is 0 Å². The van der Waals surface area contributed by atoms with Crippen LogP contribution in [-0.4, -0.2) is 9.13 Å². The van der Waals surface area contributed by atoms with Gasteiger partial charge >= 0.3 is 0 Å². The summed E-state index contributed by atoms with van der Waals surface area (Å²) < 4.78 is 10.2. The maximum atomic E-state index is 2.48. The summed E-state index contributed by atoms with van der Waals surface area (Å²) in [5.41, 5.74) is 21.2. The first-order chi connectivity index (χ1) is 55.5. The monoisotopic (exact) mass is 1460 g/mol. The Labute approximate surface area is 655 Å². The number of anilines is 6. The van der Waals surface area contributed by atoms with Gasteiger partial charge in [-0.3, -0.25) is 0 Å². The lowest BCUT2D eigenvalue weighted by Crippen LogP contribution is -2.11. The Morgan fingerprint density at radius 1 is 0.188 bits per heavy atom. The number of fused-ring (bicyclic) bond motifs is 17. The molecule has 6 heteroatoms. The fourth-order valence-corrected chi connectivity index (χ4v) is 19.7. The lowest BCUT2D eigenvalue weighted by molar-refractivity contribution is 1.18. The smallest absolute Gasteiger partial charge is 0.0548 e.